The fourth-order valence-corrected chi connectivity index (χ4v) is 1.11. The molecule has 1 rings (SSSR count). The molecule has 5 nitrogen and oxygen atoms in total. The van der Waals surface area contributed by atoms with Crippen LogP contribution in [0.3, 0.4) is 0 Å². The van der Waals surface area contributed by atoms with Gasteiger partial charge in [0.1, 0.15) is 12.2 Å². The number of hydrogen-bond donors (Lipinski definition) is 1. The highest BCUT2D eigenvalue weighted by atomic mass is 16.5. The van der Waals surface area contributed by atoms with Gasteiger partial charge in [0.15, 0.2) is 0 Å². The molecule has 0 aliphatic carbocycles. The number of rotatable bonds is 6. The van der Waals surface area contributed by atoms with Gasteiger partial charge in [-0.15, -0.1) is 10.2 Å². The minimum absolute atomic E-state index is 0.682. The Bertz CT molecular complexity index is 213. The van der Waals surface area contributed by atoms with Gasteiger partial charge in [-0.05, 0) is 13.0 Å². The maximum absolute atomic E-state index is 5.42. The van der Waals surface area contributed by atoms with Crippen molar-refractivity contribution >= 4 is 0 Å². The van der Waals surface area contributed by atoms with E-state index in [4.69, 9.17) is 10.5 Å². The first kappa shape index (κ1) is 10.1. The van der Waals surface area contributed by atoms with Gasteiger partial charge in [0.05, 0.1) is 6.61 Å². The Morgan fingerprint density at radius 2 is 2.46 bits per heavy atom. The van der Waals surface area contributed by atoms with Crippen molar-refractivity contribution in [3.63, 3.8) is 0 Å². The predicted octanol–water partition coefficient (Wildman–Crippen LogP) is -0.184. The Morgan fingerprint density at radius 1 is 1.62 bits per heavy atom. The molecule has 0 saturated carbocycles. The first-order valence-corrected chi connectivity index (χ1v) is 4.44. The van der Waals surface area contributed by atoms with Gasteiger partial charge in [0, 0.05) is 20.1 Å². The van der Waals surface area contributed by atoms with Gasteiger partial charge in [0.25, 0.3) is 0 Å². The minimum atomic E-state index is 0.682. The van der Waals surface area contributed by atoms with Crippen LogP contribution in [0.15, 0.2) is 6.33 Å². The topological polar surface area (TPSA) is 66.0 Å². The molecule has 0 spiro atoms. The van der Waals surface area contributed by atoms with E-state index < -0.39 is 0 Å². The van der Waals surface area contributed by atoms with Crippen LogP contribution in [-0.4, -0.2) is 35.0 Å². The zero-order valence-electron chi connectivity index (χ0n) is 7.94. The number of aryl methyl sites for hydroxylation is 1. The number of nitrogens with zero attached hydrogens (tertiary/aromatic N) is 3. The van der Waals surface area contributed by atoms with E-state index in [0.29, 0.717) is 13.2 Å². The summed E-state index contributed by atoms with van der Waals surface area (Å²) in [6.45, 7) is 2.27. The largest absolute Gasteiger partial charge is 0.384 e. The SMILES string of the molecule is COCCc1nncn1CCCN. The van der Waals surface area contributed by atoms with Crippen molar-refractivity contribution in [2.75, 3.05) is 20.3 Å². The minimum Gasteiger partial charge on any atom is -0.384 e. The average molecular weight is 184 g/mol. The first-order valence-electron chi connectivity index (χ1n) is 4.44. The first-order chi connectivity index (χ1) is 6.38. The average Bonchev–Trinajstić information content (AvgIpc) is 2.59. The molecule has 0 fully saturated rings. The van der Waals surface area contributed by atoms with Crippen molar-refractivity contribution in [2.45, 2.75) is 19.4 Å². The van der Waals surface area contributed by atoms with E-state index in [1.807, 2.05) is 4.57 Å². The second-order valence-corrected chi connectivity index (χ2v) is 2.83. The summed E-state index contributed by atoms with van der Waals surface area (Å²) in [7, 11) is 1.68. The van der Waals surface area contributed by atoms with E-state index in [1.54, 1.807) is 13.4 Å². The van der Waals surface area contributed by atoms with Crippen LogP contribution in [0, 0.1) is 0 Å². The van der Waals surface area contributed by atoms with Crippen LogP contribution >= 0.6 is 0 Å². The second kappa shape index (κ2) is 5.66. The fraction of sp³-hybridized carbons (Fsp3) is 0.750. The molecule has 74 valence electrons. The van der Waals surface area contributed by atoms with Gasteiger partial charge in [-0.2, -0.15) is 0 Å². The zero-order chi connectivity index (χ0) is 9.52. The molecular weight excluding hydrogens is 168 g/mol. The lowest BCUT2D eigenvalue weighted by Crippen LogP contribution is -2.09. The lowest BCUT2D eigenvalue weighted by molar-refractivity contribution is 0.199. The summed E-state index contributed by atoms with van der Waals surface area (Å²) in [6.07, 6.45) is 3.50. The van der Waals surface area contributed by atoms with E-state index in [2.05, 4.69) is 10.2 Å². The third kappa shape index (κ3) is 3.12. The third-order valence-electron chi connectivity index (χ3n) is 1.83. The summed E-state index contributed by atoms with van der Waals surface area (Å²) >= 11 is 0. The molecule has 0 aliphatic rings. The van der Waals surface area contributed by atoms with Gasteiger partial charge >= 0.3 is 0 Å². The van der Waals surface area contributed by atoms with Gasteiger partial charge in [-0.25, -0.2) is 0 Å². The van der Waals surface area contributed by atoms with Gasteiger partial charge in [-0.3, -0.25) is 0 Å². The smallest absolute Gasteiger partial charge is 0.135 e. The molecule has 0 aromatic carbocycles. The standard InChI is InChI=1S/C8H16N4O/c1-13-6-3-8-11-10-7-12(8)5-2-4-9/h7H,2-6,9H2,1H3. The summed E-state index contributed by atoms with van der Waals surface area (Å²) in [6, 6.07) is 0. The number of hydrogen-bond acceptors (Lipinski definition) is 4. The Morgan fingerprint density at radius 3 is 3.15 bits per heavy atom. The van der Waals surface area contributed by atoms with E-state index in [0.717, 1.165) is 25.2 Å². The van der Waals surface area contributed by atoms with E-state index >= 15 is 0 Å². The summed E-state index contributed by atoms with van der Waals surface area (Å²) in [5.41, 5.74) is 5.42. The number of ether oxygens (including phenoxy) is 1. The molecule has 0 bridgehead atoms. The van der Waals surface area contributed by atoms with E-state index in [9.17, 15) is 0 Å². The summed E-state index contributed by atoms with van der Waals surface area (Å²) in [5.74, 6) is 0.968. The monoisotopic (exact) mass is 184 g/mol. The molecule has 5 heteroatoms. The normalized spacial score (nSPS) is 10.6. The molecule has 1 aromatic rings. The summed E-state index contributed by atoms with van der Waals surface area (Å²) in [4.78, 5) is 0. The molecule has 0 radical (unpaired) electrons. The van der Waals surface area contributed by atoms with Crippen molar-refractivity contribution in [3.05, 3.63) is 12.2 Å². The molecule has 0 unspecified atom stereocenters. The van der Waals surface area contributed by atoms with Crippen molar-refractivity contribution in [1.29, 1.82) is 0 Å². The Kier molecular flexibility index (Phi) is 4.42. The van der Waals surface area contributed by atoms with Crippen LogP contribution in [0.5, 0.6) is 0 Å². The molecule has 0 saturated heterocycles. The molecular formula is C8H16N4O. The molecule has 0 amide bonds. The van der Waals surface area contributed by atoms with Crippen molar-refractivity contribution in [1.82, 2.24) is 14.8 Å². The van der Waals surface area contributed by atoms with E-state index in [-0.39, 0.29) is 0 Å². The second-order valence-electron chi connectivity index (χ2n) is 2.83. The maximum Gasteiger partial charge on any atom is 0.135 e. The summed E-state index contributed by atoms with van der Waals surface area (Å²) < 4.78 is 6.99. The molecule has 1 aromatic heterocycles. The molecule has 1 heterocycles. The van der Waals surface area contributed by atoms with Crippen molar-refractivity contribution in [2.24, 2.45) is 5.73 Å². The van der Waals surface area contributed by atoms with Gasteiger partial charge in [-0.1, -0.05) is 0 Å². The number of nitrogens with two attached hydrogens (primary N) is 1. The fourth-order valence-electron chi connectivity index (χ4n) is 1.11. The molecule has 13 heavy (non-hydrogen) atoms. The highest BCUT2D eigenvalue weighted by Crippen LogP contribution is 1.97. The molecule has 0 aliphatic heterocycles. The van der Waals surface area contributed by atoms with Crippen LogP contribution in [0.1, 0.15) is 12.2 Å². The zero-order valence-corrected chi connectivity index (χ0v) is 7.94. The Labute approximate surface area is 77.9 Å². The van der Waals surface area contributed by atoms with Crippen LogP contribution < -0.4 is 5.73 Å². The molecule has 2 N–H and O–H groups in total. The third-order valence-corrected chi connectivity index (χ3v) is 1.83. The maximum atomic E-state index is 5.42. The predicted molar refractivity (Wildman–Crippen MR) is 49.3 cm³/mol. The summed E-state index contributed by atoms with van der Waals surface area (Å²) in [5, 5.41) is 7.84. The lowest BCUT2D eigenvalue weighted by Gasteiger charge is -2.04. The number of methoxy groups -OCH3 is 1. The van der Waals surface area contributed by atoms with Crippen LogP contribution in [0.25, 0.3) is 0 Å². The van der Waals surface area contributed by atoms with Gasteiger partial charge in [0.2, 0.25) is 0 Å². The van der Waals surface area contributed by atoms with E-state index in [1.165, 1.54) is 0 Å². The van der Waals surface area contributed by atoms with Crippen molar-refractivity contribution < 1.29 is 4.74 Å². The Hall–Kier alpha value is -0.940. The number of aromatic nitrogens is 3. The highest BCUT2D eigenvalue weighted by Gasteiger charge is 2.02. The highest BCUT2D eigenvalue weighted by molar-refractivity contribution is 4.85. The lowest BCUT2D eigenvalue weighted by atomic mass is 10.4. The van der Waals surface area contributed by atoms with Crippen LogP contribution in [0.2, 0.25) is 0 Å². The quantitative estimate of drug-likeness (QED) is 0.665. The Balaban J connectivity index is 2.45. The molecule has 0 atom stereocenters. The van der Waals surface area contributed by atoms with Crippen LogP contribution in [0.4, 0.5) is 0 Å². The van der Waals surface area contributed by atoms with Gasteiger partial charge < -0.3 is 15.0 Å². The van der Waals surface area contributed by atoms with Crippen molar-refractivity contribution in [3.8, 4) is 0 Å². The van der Waals surface area contributed by atoms with Crippen LogP contribution in [-0.2, 0) is 17.7 Å².